The van der Waals surface area contributed by atoms with Gasteiger partial charge in [0, 0.05) is 29.2 Å². The van der Waals surface area contributed by atoms with Gasteiger partial charge in [-0.05, 0) is 83.1 Å². The van der Waals surface area contributed by atoms with E-state index >= 15 is 0 Å². The Balaban J connectivity index is 0.000000156. The molecule has 0 amide bonds. The Morgan fingerprint density at radius 1 is 0.509 bits per heavy atom. The molecule has 11 nitrogen and oxygen atoms in total. The van der Waals surface area contributed by atoms with Crippen LogP contribution in [0, 0.1) is 37.5 Å². The van der Waals surface area contributed by atoms with Crippen molar-refractivity contribution in [2.45, 2.75) is 51.5 Å². The minimum absolute atomic E-state index is 0.0320. The van der Waals surface area contributed by atoms with E-state index in [-0.39, 0.29) is 56.3 Å². The molecule has 5 heterocycles. The van der Waals surface area contributed by atoms with Crippen molar-refractivity contribution in [3.8, 4) is 28.7 Å². The average Bonchev–Trinajstić information content (AvgIpc) is 4.06. The minimum atomic E-state index is -0.183. The second-order valence-electron chi connectivity index (χ2n) is 14.9. The lowest BCUT2D eigenvalue weighted by Gasteiger charge is -2.20. The van der Waals surface area contributed by atoms with Crippen molar-refractivity contribution in [2.24, 2.45) is 23.7 Å². The Morgan fingerprint density at radius 2 is 0.945 bits per heavy atom. The Kier molecular flexibility index (Phi) is 10.9. The molecule has 11 heteroatoms. The summed E-state index contributed by atoms with van der Waals surface area (Å²) >= 11 is 0. The molecule has 0 unspecified atom stereocenters. The molecular formula is C44H50O11. The maximum absolute atomic E-state index is 9.74. The fourth-order valence-electron chi connectivity index (χ4n) is 8.98. The third-order valence-corrected chi connectivity index (χ3v) is 12.0. The molecule has 4 fully saturated rings. The van der Waals surface area contributed by atoms with Crippen LogP contribution in [0.5, 0.6) is 28.7 Å². The second-order valence-corrected chi connectivity index (χ2v) is 14.9. The molecule has 55 heavy (non-hydrogen) atoms. The van der Waals surface area contributed by atoms with E-state index in [9.17, 15) is 10.2 Å². The molecule has 5 aliphatic rings. The number of aliphatic hydroxyl groups is 2. The second kappa shape index (κ2) is 16.0. The molecular weight excluding hydrogens is 704 g/mol. The van der Waals surface area contributed by atoms with Crippen molar-refractivity contribution in [2.75, 3.05) is 54.5 Å². The fourth-order valence-corrected chi connectivity index (χ4v) is 8.98. The Morgan fingerprint density at radius 3 is 1.42 bits per heavy atom. The maximum atomic E-state index is 9.74. The van der Waals surface area contributed by atoms with E-state index in [0.29, 0.717) is 55.1 Å². The molecule has 4 aromatic rings. The van der Waals surface area contributed by atoms with E-state index in [1.54, 1.807) is 21.3 Å². The summed E-state index contributed by atoms with van der Waals surface area (Å²) in [5, 5.41) is 19.4. The van der Waals surface area contributed by atoms with Crippen LogP contribution >= 0.6 is 0 Å². The van der Waals surface area contributed by atoms with Gasteiger partial charge in [-0.15, -0.1) is 0 Å². The number of fused-ring (bicyclic) bond motifs is 3. The summed E-state index contributed by atoms with van der Waals surface area (Å²) in [5.74, 6) is 5.08. The van der Waals surface area contributed by atoms with Crippen molar-refractivity contribution in [1.29, 1.82) is 0 Å². The molecule has 5 aliphatic heterocycles. The number of rotatable bonds is 9. The van der Waals surface area contributed by atoms with Gasteiger partial charge in [0.1, 0.15) is 17.2 Å². The normalized spacial score (nSPS) is 27.3. The summed E-state index contributed by atoms with van der Waals surface area (Å²) in [4.78, 5) is 0. The minimum Gasteiger partial charge on any atom is -0.496 e. The Hall–Kier alpha value is -4.36. The molecule has 0 aromatic heterocycles. The molecule has 4 saturated heterocycles. The van der Waals surface area contributed by atoms with Gasteiger partial charge in [-0.2, -0.15) is 0 Å². The number of hydrogen-bond donors (Lipinski definition) is 2. The van der Waals surface area contributed by atoms with E-state index in [2.05, 4.69) is 49.4 Å². The first kappa shape index (κ1) is 37.6. The zero-order valence-electron chi connectivity index (χ0n) is 32.0. The molecule has 0 bridgehead atoms. The predicted molar refractivity (Wildman–Crippen MR) is 202 cm³/mol. The molecule has 0 radical (unpaired) electrons. The molecule has 0 aliphatic carbocycles. The van der Waals surface area contributed by atoms with Gasteiger partial charge in [-0.1, -0.05) is 36.4 Å². The summed E-state index contributed by atoms with van der Waals surface area (Å²) in [7, 11) is 4.96. The van der Waals surface area contributed by atoms with Crippen LogP contribution < -0.4 is 23.7 Å². The quantitative estimate of drug-likeness (QED) is 0.186. The van der Waals surface area contributed by atoms with Gasteiger partial charge in [0.2, 0.25) is 6.79 Å². The highest BCUT2D eigenvalue weighted by Crippen LogP contribution is 2.53. The Bertz CT molecular complexity index is 1950. The fraction of sp³-hybridized carbons (Fsp3) is 0.455. The van der Waals surface area contributed by atoms with Crippen LogP contribution in [0.15, 0.2) is 66.7 Å². The zero-order chi connectivity index (χ0) is 38.2. The van der Waals surface area contributed by atoms with Crippen molar-refractivity contribution >= 4 is 0 Å². The van der Waals surface area contributed by atoms with Crippen molar-refractivity contribution in [1.82, 2.24) is 0 Å². The highest BCUT2D eigenvalue weighted by atomic mass is 16.7. The number of ether oxygens (including phenoxy) is 9. The van der Waals surface area contributed by atoms with Crippen LogP contribution in [0.1, 0.15) is 68.9 Å². The average molecular weight is 755 g/mol. The Labute approximate surface area is 321 Å². The van der Waals surface area contributed by atoms with E-state index in [1.807, 2.05) is 31.2 Å². The van der Waals surface area contributed by atoms with Gasteiger partial charge >= 0.3 is 0 Å². The smallest absolute Gasteiger partial charge is 0.231 e. The van der Waals surface area contributed by atoms with E-state index in [4.69, 9.17) is 42.6 Å². The molecule has 0 spiro atoms. The molecule has 292 valence electrons. The topological polar surface area (TPSA) is 124 Å². The summed E-state index contributed by atoms with van der Waals surface area (Å²) < 4.78 is 52.1. The van der Waals surface area contributed by atoms with E-state index < -0.39 is 0 Å². The van der Waals surface area contributed by atoms with Crippen LogP contribution in [0.2, 0.25) is 0 Å². The molecule has 9 rings (SSSR count). The van der Waals surface area contributed by atoms with Gasteiger partial charge in [-0.3, -0.25) is 0 Å². The predicted octanol–water partition coefficient (Wildman–Crippen LogP) is 6.88. The standard InChI is InChI=1S/C23H28O6.C21H22O5/c1-13-4-5-14(7-20(13)26-2)22-18-11-29-23(19(18)12-28-22)15-6-16(9-24)17(10-25)21(8-15)27-3;1-12-3-4-13(7-18(12)22-2)20-15-9-24-21(16(15)10-23-20)14-5-6-17-19(8-14)26-11-25-17/h4-8,18-19,22-25H,9-12H2,1-3H3;3-8,15-16,20-21H,9-11H2,1-2H3/t18-,19-,22-,23+;15-,16-,20-,21+/m00/s1. The number of aliphatic hydroxyl groups excluding tert-OH is 2. The molecule has 0 saturated carbocycles. The number of methoxy groups -OCH3 is 3. The highest BCUT2D eigenvalue weighted by Gasteiger charge is 2.49. The van der Waals surface area contributed by atoms with Gasteiger partial charge in [0.15, 0.2) is 11.5 Å². The van der Waals surface area contributed by atoms with Crippen molar-refractivity contribution < 1.29 is 52.8 Å². The van der Waals surface area contributed by atoms with Crippen molar-refractivity contribution in [3.63, 3.8) is 0 Å². The maximum Gasteiger partial charge on any atom is 0.231 e. The lowest BCUT2D eigenvalue weighted by atomic mass is 9.84. The molecule has 8 atom stereocenters. The van der Waals surface area contributed by atoms with Crippen LogP contribution in [0.3, 0.4) is 0 Å². The van der Waals surface area contributed by atoms with Crippen molar-refractivity contribution in [3.05, 3.63) is 111 Å². The van der Waals surface area contributed by atoms with E-state index in [1.165, 1.54) is 0 Å². The lowest BCUT2D eigenvalue weighted by Crippen LogP contribution is -2.15. The summed E-state index contributed by atoms with van der Waals surface area (Å²) in [6.07, 6.45) is -0.0833. The van der Waals surface area contributed by atoms with Gasteiger partial charge < -0.3 is 52.8 Å². The lowest BCUT2D eigenvalue weighted by molar-refractivity contribution is 0.0190. The first-order valence-corrected chi connectivity index (χ1v) is 18.9. The van der Waals surface area contributed by atoms with Gasteiger partial charge in [0.05, 0.1) is 85.4 Å². The van der Waals surface area contributed by atoms with Crippen LogP contribution in [0.25, 0.3) is 0 Å². The third kappa shape index (κ3) is 7.02. The first-order valence-electron chi connectivity index (χ1n) is 18.9. The van der Waals surface area contributed by atoms with Crippen LogP contribution in [-0.4, -0.2) is 64.8 Å². The largest absolute Gasteiger partial charge is 0.496 e. The van der Waals surface area contributed by atoms with Crippen LogP contribution in [0.4, 0.5) is 0 Å². The highest BCUT2D eigenvalue weighted by molar-refractivity contribution is 5.47. The number of aryl methyl sites for hydroxylation is 2. The SMILES string of the molecule is COc1cc([C@@H]2OC[C@H]3[C@@H]2CO[C@@H]3c2cc(CO)c(CO)c(OC)c2)ccc1C.COc1cc([C@@H]2OC[C@H]3[C@@H]2CO[C@@H]3c2ccc3c(c2)OCO3)ccc1C. The summed E-state index contributed by atoms with van der Waals surface area (Å²) in [6, 6.07) is 22.4. The summed E-state index contributed by atoms with van der Waals surface area (Å²) in [6.45, 7) is 6.63. The number of hydrogen-bond acceptors (Lipinski definition) is 11. The first-order chi connectivity index (χ1) is 26.8. The van der Waals surface area contributed by atoms with Gasteiger partial charge in [0.25, 0.3) is 0 Å². The summed E-state index contributed by atoms with van der Waals surface area (Å²) in [5.41, 5.74) is 7.84. The molecule has 4 aromatic carbocycles. The third-order valence-electron chi connectivity index (χ3n) is 12.0. The zero-order valence-corrected chi connectivity index (χ0v) is 32.0. The molecule has 2 N–H and O–H groups in total. The number of benzene rings is 4. The van der Waals surface area contributed by atoms with Crippen LogP contribution in [-0.2, 0) is 32.2 Å². The monoisotopic (exact) mass is 754 g/mol. The van der Waals surface area contributed by atoms with E-state index in [0.717, 1.165) is 56.4 Å². The van der Waals surface area contributed by atoms with Gasteiger partial charge in [-0.25, -0.2) is 0 Å².